The normalized spacial score (nSPS) is 9.85. The van der Waals surface area contributed by atoms with Gasteiger partial charge in [-0.3, -0.25) is 9.59 Å². The van der Waals surface area contributed by atoms with E-state index in [1.165, 1.54) is 13.8 Å². The number of rotatable bonds is 3. The summed E-state index contributed by atoms with van der Waals surface area (Å²) in [6.45, 7) is 4.72. The maximum Gasteiger partial charge on any atom is 0.323 e. The van der Waals surface area contributed by atoms with Crippen molar-refractivity contribution in [2.75, 3.05) is 0 Å². The first-order chi connectivity index (χ1) is 5.71. The van der Waals surface area contributed by atoms with Gasteiger partial charge in [0.05, 0.1) is 0 Å². The second kappa shape index (κ2) is 6.42. The Morgan fingerprint density at radius 1 is 1.31 bits per heavy atom. The van der Waals surface area contributed by atoms with Gasteiger partial charge in [0.1, 0.15) is 5.54 Å². The van der Waals surface area contributed by atoms with Crippen LogP contribution in [0.2, 0.25) is 0 Å². The lowest BCUT2D eigenvalue weighted by atomic mass is 10.1. The third-order valence-electron chi connectivity index (χ3n) is 1.02. The fourth-order valence-corrected chi connectivity index (χ4v) is 0.214. The minimum atomic E-state index is -1.08. The molecule has 0 unspecified atom stereocenters. The molecule has 78 valence electrons. The number of hydrogen-bond donors (Lipinski definition) is 3. The SMILES string of the molecule is CC(C)(N)C(=O)O.CCCC(=O)O. The van der Waals surface area contributed by atoms with Gasteiger partial charge in [0, 0.05) is 6.42 Å². The van der Waals surface area contributed by atoms with E-state index in [0.29, 0.717) is 6.42 Å². The zero-order valence-electron chi connectivity index (χ0n) is 8.20. The summed E-state index contributed by atoms with van der Waals surface area (Å²) in [5.41, 5.74) is 4.00. The van der Waals surface area contributed by atoms with Crippen molar-refractivity contribution in [1.29, 1.82) is 0 Å². The van der Waals surface area contributed by atoms with E-state index in [0.717, 1.165) is 6.42 Å². The van der Waals surface area contributed by atoms with E-state index in [1.807, 2.05) is 6.92 Å². The average molecular weight is 191 g/mol. The number of nitrogens with two attached hydrogens (primary N) is 1. The smallest absolute Gasteiger partial charge is 0.323 e. The molecular weight excluding hydrogens is 174 g/mol. The summed E-state index contributed by atoms with van der Waals surface area (Å²) in [5.74, 6) is -1.69. The van der Waals surface area contributed by atoms with Gasteiger partial charge in [0.15, 0.2) is 0 Å². The third kappa shape index (κ3) is 13.8. The molecule has 0 aromatic carbocycles. The molecule has 0 aliphatic heterocycles. The first kappa shape index (κ1) is 14.4. The van der Waals surface area contributed by atoms with Crippen LogP contribution >= 0.6 is 0 Å². The maximum absolute atomic E-state index is 9.90. The number of carboxylic acid groups (broad SMARTS) is 2. The zero-order chi connectivity index (χ0) is 11.1. The lowest BCUT2D eigenvalue weighted by Crippen LogP contribution is -2.41. The molecule has 0 rings (SSSR count). The van der Waals surface area contributed by atoms with Gasteiger partial charge in [-0.25, -0.2) is 0 Å². The lowest BCUT2D eigenvalue weighted by Gasteiger charge is -2.09. The van der Waals surface area contributed by atoms with Crippen LogP contribution in [0.15, 0.2) is 0 Å². The van der Waals surface area contributed by atoms with Gasteiger partial charge >= 0.3 is 11.9 Å². The Balaban J connectivity index is 0. The Kier molecular flexibility index (Phi) is 7.12. The van der Waals surface area contributed by atoms with E-state index in [9.17, 15) is 9.59 Å². The molecule has 0 amide bonds. The molecule has 13 heavy (non-hydrogen) atoms. The van der Waals surface area contributed by atoms with Crippen molar-refractivity contribution in [1.82, 2.24) is 0 Å². The minimum Gasteiger partial charge on any atom is -0.481 e. The number of carbonyl (C=O) groups is 2. The lowest BCUT2D eigenvalue weighted by molar-refractivity contribution is -0.142. The Hall–Kier alpha value is -1.10. The molecule has 5 nitrogen and oxygen atoms in total. The molecule has 0 spiro atoms. The number of hydrogen-bond acceptors (Lipinski definition) is 3. The highest BCUT2D eigenvalue weighted by molar-refractivity contribution is 5.77. The van der Waals surface area contributed by atoms with Crippen molar-refractivity contribution in [3.8, 4) is 0 Å². The Bertz CT molecular complexity index is 171. The van der Waals surface area contributed by atoms with Crippen molar-refractivity contribution in [2.24, 2.45) is 5.73 Å². The topological polar surface area (TPSA) is 101 Å². The van der Waals surface area contributed by atoms with Crippen LogP contribution in [-0.4, -0.2) is 27.7 Å². The molecule has 0 heterocycles. The van der Waals surface area contributed by atoms with Crippen LogP contribution < -0.4 is 5.73 Å². The van der Waals surface area contributed by atoms with Gasteiger partial charge < -0.3 is 15.9 Å². The quantitative estimate of drug-likeness (QED) is 0.609. The van der Waals surface area contributed by atoms with Gasteiger partial charge in [0.25, 0.3) is 0 Å². The standard InChI is InChI=1S/C4H9NO2.C4H8O2/c1-4(2,5)3(6)7;1-2-3-4(5)6/h5H2,1-2H3,(H,6,7);2-3H2,1H3,(H,5,6). The molecule has 4 N–H and O–H groups in total. The van der Waals surface area contributed by atoms with Gasteiger partial charge in [-0.2, -0.15) is 0 Å². The highest BCUT2D eigenvalue weighted by Gasteiger charge is 2.19. The van der Waals surface area contributed by atoms with Crippen molar-refractivity contribution in [3.05, 3.63) is 0 Å². The van der Waals surface area contributed by atoms with E-state index < -0.39 is 17.5 Å². The number of carboxylic acids is 2. The summed E-state index contributed by atoms with van der Waals surface area (Å²) in [6.07, 6.45) is 1.02. The van der Waals surface area contributed by atoms with E-state index in [2.05, 4.69) is 0 Å². The number of aliphatic carboxylic acids is 2. The Morgan fingerprint density at radius 2 is 1.62 bits per heavy atom. The molecule has 0 atom stereocenters. The summed E-state index contributed by atoms with van der Waals surface area (Å²) in [6, 6.07) is 0. The fourth-order valence-electron chi connectivity index (χ4n) is 0.214. The molecule has 0 aliphatic carbocycles. The highest BCUT2D eigenvalue weighted by atomic mass is 16.4. The summed E-state index contributed by atoms with van der Waals surface area (Å²) in [7, 11) is 0. The molecule has 0 bridgehead atoms. The maximum atomic E-state index is 9.90. The summed E-state index contributed by atoms with van der Waals surface area (Å²) in [5, 5.41) is 16.0. The molecule has 0 aromatic heterocycles. The van der Waals surface area contributed by atoms with Gasteiger partial charge in [-0.1, -0.05) is 6.92 Å². The summed E-state index contributed by atoms with van der Waals surface area (Å²) >= 11 is 0. The van der Waals surface area contributed by atoms with Gasteiger partial charge in [-0.15, -0.1) is 0 Å². The third-order valence-corrected chi connectivity index (χ3v) is 1.02. The zero-order valence-corrected chi connectivity index (χ0v) is 8.20. The van der Waals surface area contributed by atoms with Crippen LogP contribution in [0.4, 0.5) is 0 Å². The van der Waals surface area contributed by atoms with E-state index in [4.69, 9.17) is 15.9 Å². The average Bonchev–Trinajstić information content (AvgIpc) is 1.85. The Labute approximate surface area is 77.6 Å². The molecule has 0 fully saturated rings. The molecule has 0 aromatic rings. The van der Waals surface area contributed by atoms with Crippen LogP contribution in [0, 0.1) is 0 Å². The molecular formula is C8H17NO4. The summed E-state index contributed by atoms with van der Waals surface area (Å²) in [4.78, 5) is 19.5. The highest BCUT2D eigenvalue weighted by Crippen LogP contribution is 1.93. The molecule has 0 saturated heterocycles. The van der Waals surface area contributed by atoms with E-state index >= 15 is 0 Å². The predicted molar refractivity (Wildman–Crippen MR) is 48.4 cm³/mol. The minimum absolute atomic E-state index is 0.292. The largest absolute Gasteiger partial charge is 0.481 e. The molecule has 5 heteroatoms. The van der Waals surface area contributed by atoms with E-state index in [1.54, 1.807) is 0 Å². The molecule has 0 aliphatic rings. The van der Waals surface area contributed by atoms with Crippen LogP contribution in [0.1, 0.15) is 33.6 Å². The monoisotopic (exact) mass is 191 g/mol. The van der Waals surface area contributed by atoms with Crippen LogP contribution in [0.3, 0.4) is 0 Å². The Morgan fingerprint density at radius 3 is 1.62 bits per heavy atom. The van der Waals surface area contributed by atoms with Crippen LogP contribution in [0.5, 0.6) is 0 Å². The van der Waals surface area contributed by atoms with Crippen molar-refractivity contribution >= 4 is 11.9 Å². The van der Waals surface area contributed by atoms with E-state index in [-0.39, 0.29) is 0 Å². The van der Waals surface area contributed by atoms with Crippen LogP contribution in [0.25, 0.3) is 0 Å². The molecule has 0 saturated carbocycles. The second-order valence-electron chi connectivity index (χ2n) is 3.17. The van der Waals surface area contributed by atoms with Gasteiger partial charge in [-0.05, 0) is 20.3 Å². The van der Waals surface area contributed by atoms with Crippen molar-refractivity contribution < 1.29 is 19.8 Å². The van der Waals surface area contributed by atoms with Crippen molar-refractivity contribution in [2.45, 2.75) is 39.2 Å². The first-order valence-electron chi connectivity index (χ1n) is 3.95. The fraction of sp³-hybridized carbons (Fsp3) is 0.750. The van der Waals surface area contributed by atoms with Crippen molar-refractivity contribution in [3.63, 3.8) is 0 Å². The first-order valence-corrected chi connectivity index (χ1v) is 3.95. The second-order valence-corrected chi connectivity index (χ2v) is 3.17. The van der Waals surface area contributed by atoms with Crippen LogP contribution in [-0.2, 0) is 9.59 Å². The summed E-state index contributed by atoms with van der Waals surface area (Å²) < 4.78 is 0. The molecule has 0 radical (unpaired) electrons. The van der Waals surface area contributed by atoms with Gasteiger partial charge in [0.2, 0.25) is 0 Å². The predicted octanol–water partition coefficient (Wildman–Crippen LogP) is 0.679.